The van der Waals surface area contributed by atoms with Gasteiger partial charge in [0.25, 0.3) is 17.5 Å². The van der Waals surface area contributed by atoms with Gasteiger partial charge < -0.3 is 49.3 Å². The van der Waals surface area contributed by atoms with Crippen molar-refractivity contribution < 1.29 is 53.6 Å². The van der Waals surface area contributed by atoms with Crippen LogP contribution >= 0.6 is 0 Å². The fraction of sp³-hybridized carbons (Fsp3) is 0.517. The second kappa shape index (κ2) is 12.1. The van der Waals surface area contributed by atoms with E-state index in [2.05, 4.69) is 5.32 Å². The van der Waals surface area contributed by atoms with E-state index in [1.54, 1.807) is 19.1 Å². The predicted molar refractivity (Wildman–Crippen MR) is 158 cm³/mol. The lowest BCUT2D eigenvalue weighted by atomic mass is 9.82. The van der Waals surface area contributed by atoms with Gasteiger partial charge in [0, 0.05) is 41.4 Å². The van der Waals surface area contributed by atoms with Gasteiger partial charge in [0.15, 0.2) is 18.0 Å². The standard InChI is InChI=1S/C29H36FN3O11Si/c1-14-25(45(2,3)30)20(10-11-34)44-29(14)18-12-17(33(41)42)8-9-19(18)32(28(29)40)13-15-4-6-16(7-5-15)31-26(38)24-22(36)21(35)23(37)27(39)43-24/h4-9,12,14,20-25,27,34-37,39H,10-11,13H2,1-3H3,(H,31,38)/t14-,20+,21+,22+,23-,24+,25-,27-,29+/m1/s1. The maximum atomic E-state index is 15.7. The molecule has 2 saturated heterocycles. The van der Waals surface area contributed by atoms with E-state index in [0.717, 1.165) is 0 Å². The lowest BCUT2D eigenvalue weighted by Gasteiger charge is -2.37. The largest absolute Gasteiger partial charge is 0.396 e. The van der Waals surface area contributed by atoms with Crippen molar-refractivity contribution in [2.45, 2.75) is 80.9 Å². The molecule has 244 valence electrons. The summed E-state index contributed by atoms with van der Waals surface area (Å²) < 4.78 is 27.0. The summed E-state index contributed by atoms with van der Waals surface area (Å²) in [6.45, 7) is 4.46. The van der Waals surface area contributed by atoms with Gasteiger partial charge in [-0.25, -0.2) is 0 Å². The number of ether oxygens (including phenoxy) is 2. The second-order valence-corrected chi connectivity index (χ2v) is 16.0. The fourth-order valence-electron chi connectivity index (χ4n) is 6.87. The van der Waals surface area contributed by atoms with Crippen molar-refractivity contribution in [3.05, 3.63) is 63.7 Å². The number of amides is 2. The number of nitro groups is 1. The number of nitrogens with one attached hydrogen (secondary N) is 1. The average molecular weight is 650 g/mol. The Kier molecular flexibility index (Phi) is 8.88. The number of benzene rings is 2. The van der Waals surface area contributed by atoms with Crippen molar-refractivity contribution in [3.63, 3.8) is 0 Å². The molecule has 0 unspecified atom stereocenters. The molecule has 14 nitrogen and oxygen atoms in total. The summed E-state index contributed by atoms with van der Waals surface area (Å²) in [6.07, 6.45) is -9.61. The summed E-state index contributed by atoms with van der Waals surface area (Å²) in [4.78, 5) is 39.5. The first-order valence-electron chi connectivity index (χ1n) is 14.5. The first-order valence-corrected chi connectivity index (χ1v) is 17.4. The fourth-order valence-corrected chi connectivity index (χ4v) is 9.41. The number of fused-ring (bicyclic) bond motifs is 2. The van der Waals surface area contributed by atoms with E-state index >= 15 is 4.11 Å². The van der Waals surface area contributed by atoms with Crippen LogP contribution in [-0.2, 0) is 31.2 Å². The Balaban J connectivity index is 1.41. The molecule has 0 aliphatic carbocycles. The molecule has 0 aromatic heterocycles. The van der Waals surface area contributed by atoms with Crippen LogP contribution < -0.4 is 10.2 Å². The van der Waals surface area contributed by atoms with Crippen LogP contribution in [0.25, 0.3) is 0 Å². The summed E-state index contributed by atoms with van der Waals surface area (Å²) in [7, 11) is -3.45. The number of carbonyl (C=O) groups is 2. The third-order valence-corrected chi connectivity index (χ3v) is 11.4. The molecule has 2 amide bonds. The maximum Gasteiger partial charge on any atom is 0.269 e. The maximum absolute atomic E-state index is 15.7. The number of aliphatic hydroxyl groups is 5. The first-order chi connectivity index (χ1) is 21.1. The number of rotatable bonds is 8. The molecule has 3 aliphatic heterocycles. The van der Waals surface area contributed by atoms with Crippen molar-refractivity contribution in [3.8, 4) is 0 Å². The molecule has 2 fully saturated rings. The highest BCUT2D eigenvalue weighted by molar-refractivity contribution is 6.72. The number of nitro benzene ring substituents is 1. The van der Waals surface area contributed by atoms with Crippen LogP contribution in [0.15, 0.2) is 42.5 Å². The molecule has 9 atom stereocenters. The van der Waals surface area contributed by atoms with Crippen molar-refractivity contribution in [2.75, 3.05) is 16.8 Å². The molecule has 6 N–H and O–H groups in total. The number of aliphatic hydroxyl groups excluding tert-OH is 5. The zero-order valence-corrected chi connectivity index (χ0v) is 25.7. The molecule has 1 spiro atoms. The quantitative estimate of drug-likeness (QED) is 0.103. The zero-order chi connectivity index (χ0) is 33.0. The Hall–Kier alpha value is -3.35. The van der Waals surface area contributed by atoms with E-state index in [9.17, 15) is 45.2 Å². The number of hydrogen-bond donors (Lipinski definition) is 6. The first kappa shape index (κ1) is 33.0. The van der Waals surface area contributed by atoms with Crippen LogP contribution in [0.4, 0.5) is 21.2 Å². The summed E-state index contributed by atoms with van der Waals surface area (Å²) in [5.74, 6) is -2.08. The minimum absolute atomic E-state index is 0.00219. The molecule has 0 radical (unpaired) electrons. The van der Waals surface area contributed by atoms with Crippen molar-refractivity contribution in [1.82, 2.24) is 0 Å². The third kappa shape index (κ3) is 5.65. The lowest BCUT2D eigenvalue weighted by Crippen LogP contribution is -2.60. The Bertz CT molecular complexity index is 1470. The number of anilines is 2. The molecule has 5 rings (SSSR count). The molecule has 3 aliphatic rings. The van der Waals surface area contributed by atoms with Crippen LogP contribution in [0, 0.1) is 16.0 Å². The van der Waals surface area contributed by atoms with E-state index < -0.39 is 79.0 Å². The third-order valence-electron chi connectivity index (χ3n) is 8.98. The van der Waals surface area contributed by atoms with Crippen molar-refractivity contribution >= 4 is 37.3 Å². The molecular formula is C29H36FN3O11Si. The van der Waals surface area contributed by atoms with Gasteiger partial charge in [0.1, 0.15) is 18.3 Å². The Labute approximate surface area is 258 Å². The SMILES string of the molecule is C[C@@H]1[C@@H]([Si](C)(C)F)[C@H](CCO)O[C@@]12C(=O)N(Cc1ccc(NC(=O)[C@H]3O[C@@H](O)[C@H](O)[C@@H](O)[C@@H]3O)cc1)c1ccc([N+](=O)[O-])cc12. The molecule has 3 heterocycles. The van der Waals surface area contributed by atoms with Gasteiger partial charge >= 0.3 is 0 Å². The average Bonchev–Trinajstić information content (AvgIpc) is 3.41. The van der Waals surface area contributed by atoms with Crippen molar-refractivity contribution in [1.29, 1.82) is 0 Å². The number of hydrogen-bond acceptors (Lipinski definition) is 11. The van der Waals surface area contributed by atoms with Gasteiger partial charge in [0.2, 0.25) is 8.41 Å². The summed E-state index contributed by atoms with van der Waals surface area (Å²) in [5.41, 5.74) is -1.12. The molecule has 0 saturated carbocycles. The van der Waals surface area contributed by atoms with Crippen LogP contribution in [0.1, 0.15) is 24.5 Å². The number of halogens is 1. The van der Waals surface area contributed by atoms with Gasteiger partial charge in [-0.3, -0.25) is 19.7 Å². The van der Waals surface area contributed by atoms with Gasteiger partial charge in [-0.15, -0.1) is 0 Å². The minimum Gasteiger partial charge on any atom is -0.396 e. The second-order valence-electron chi connectivity index (χ2n) is 12.2. The number of nitrogens with zero attached hydrogens (tertiary/aromatic N) is 2. The lowest BCUT2D eigenvalue weighted by molar-refractivity contribution is -0.385. The van der Waals surface area contributed by atoms with E-state index in [1.165, 1.54) is 48.3 Å². The highest BCUT2D eigenvalue weighted by Gasteiger charge is 2.66. The molecule has 2 aromatic rings. The topological polar surface area (TPSA) is 212 Å². The van der Waals surface area contributed by atoms with Crippen LogP contribution in [0.2, 0.25) is 18.6 Å². The summed E-state index contributed by atoms with van der Waals surface area (Å²) in [6, 6.07) is 10.3. The summed E-state index contributed by atoms with van der Waals surface area (Å²) >= 11 is 0. The van der Waals surface area contributed by atoms with Crippen LogP contribution in [0.5, 0.6) is 0 Å². The molecule has 0 bridgehead atoms. The number of carbonyl (C=O) groups excluding carboxylic acids is 2. The van der Waals surface area contributed by atoms with Crippen LogP contribution in [0.3, 0.4) is 0 Å². The smallest absolute Gasteiger partial charge is 0.269 e. The normalized spacial score (nSPS) is 33.0. The molecule has 2 aromatic carbocycles. The molecular weight excluding hydrogens is 613 g/mol. The van der Waals surface area contributed by atoms with Gasteiger partial charge in [-0.1, -0.05) is 19.1 Å². The Morgan fingerprint density at radius 3 is 2.38 bits per heavy atom. The van der Waals surface area contributed by atoms with Gasteiger partial charge in [-0.2, -0.15) is 0 Å². The highest BCUT2D eigenvalue weighted by Crippen LogP contribution is 2.60. The van der Waals surface area contributed by atoms with Crippen LogP contribution in [-0.4, -0.2) is 94.1 Å². The monoisotopic (exact) mass is 649 g/mol. The van der Waals surface area contributed by atoms with E-state index in [1.807, 2.05) is 0 Å². The Morgan fingerprint density at radius 2 is 1.78 bits per heavy atom. The van der Waals surface area contributed by atoms with Gasteiger partial charge in [0.05, 0.1) is 23.3 Å². The van der Waals surface area contributed by atoms with E-state index in [4.69, 9.17) is 9.47 Å². The zero-order valence-electron chi connectivity index (χ0n) is 24.7. The van der Waals surface area contributed by atoms with E-state index in [0.29, 0.717) is 11.3 Å². The van der Waals surface area contributed by atoms with Gasteiger partial charge in [-0.05, 0) is 43.3 Å². The Morgan fingerprint density at radius 1 is 1.11 bits per heavy atom. The van der Waals surface area contributed by atoms with E-state index in [-0.39, 0.29) is 36.5 Å². The van der Waals surface area contributed by atoms with Crippen molar-refractivity contribution in [2.24, 2.45) is 5.92 Å². The summed E-state index contributed by atoms with van der Waals surface area (Å²) in [5, 5.41) is 63.2. The number of non-ortho nitro benzene ring substituents is 1. The minimum atomic E-state index is -3.45. The molecule has 16 heteroatoms. The predicted octanol–water partition coefficient (Wildman–Crippen LogP) is 1.04. The highest BCUT2D eigenvalue weighted by atomic mass is 28.4. The molecule has 45 heavy (non-hydrogen) atoms.